The van der Waals surface area contributed by atoms with Gasteiger partial charge in [-0.1, -0.05) is 48.2 Å². The summed E-state index contributed by atoms with van der Waals surface area (Å²) >= 11 is 1.15. The van der Waals surface area contributed by atoms with Gasteiger partial charge in [0.25, 0.3) is 5.91 Å². The van der Waals surface area contributed by atoms with E-state index < -0.39 is 6.04 Å². The smallest absolute Gasteiger partial charge is 0.259 e. The van der Waals surface area contributed by atoms with Gasteiger partial charge < -0.3 is 24.8 Å². The molecular formula is C32H33N5O6S. The molecule has 44 heavy (non-hydrogen) atoms. The molecule has 12 heteroatoms. The molecular weight excluding hydrogens is 582 g/mol. The first-order valence-corrected chi connectivity index (χ1v) is 15.0. The summed E-state index contributed by atoms with van der Waals surface area (Å²) in [6, 6.07) is 19.5. The number of fused-ring (bicyclic) bond motifs is 3. The van der Waals surface area contributed by atoms with Crippen LogP contribution in [0.2, 0.25) is 0 Å². The highest BCUT2D eigenvalue weighted by atomic mass is 32.2. The zero-order valence-electron chi connectivity index (χ0n) is 24.7. The number of nitrogens with one attached hydrogen (secondary N) is 2. The van der Waals surface area contributed by atoms with Crippen LogP contribution in [0, 0.1) is 0 Å². The topological polar surface area (TPSA) is 131 Å². The van der Waals surface area contributed by atoms with Crippen molar-refractivity contribution in [3.05, 3.63) is 83.4 Å². The number of amides is 3. The van der Waals surface area contributed by atoms with E-state index in [0.717, 1.165) is 22.9 Å². The van der Waals surface area contributed by atoms with Crippen molar-refractivity contribution >= 4 is 46.2 Å². The minimum absolute atomic E-state index is 0.0497. The number of rotatable bonds is 12. The van der Waals surface area contributed by atoms with Crippen LogP contribution in [0.5, 0.6) is 17.2 Å². The number of carbonyl (C=O) groups is 3. The van der Waals surface area contributed by atoms with E-state index in [2.05, 4.69) is 20.6 Å². The van der Waals surface area contributed by atoms with E-state index in [0.29, 0.717) is 52.5 Å². The molecule has 0 saturated carbocycles. The number of aliphatic imine (C=N–C) groups is 2. The molecule has 0 bridgehead atoms. The van der Waals surface area contributed by atoms with Gasteiger partial charge in [-0.2, -0.15) is 0 Å². The first-order chi connectivity index (χ1) is 21.4. The third-order valence-corrected chi connectivity index (χ3v) is 8.05. The van der Waals surface area contributed by atoms with Crippen molar-refractivity contribution in [2.45, 2.75) is 25.4 Å². The molecule has 1 unspecified atom stereocenters. The van der Waals surface area contributed by atoms with E-state index in [9.17, 15) is 14.4 Å². The Hall–Kier alpha value is -4.84. The molecule has 2 heterocycles. The van der Waals surface area contributed by atoms with Gasteiger partial charge in [0.2, 0.25) is 11.8 Å². The number of carbonyl (C=O) groups excluding carboxylic acids is 3. The van der Waals surface area contributed by atoms with E-state index in [4.69, 9.17) is 14.2 Å². The monoisotopic (exact) mass is 615 g/mol. The molecule has 11 nitrogen and oxygen atoms in total. The molecule has 0 spiro atoms. The van der Waals surface area contributed by atoms with Gasteiger partial charge in [0.1, 0.15) is 17.6 Å². The van der Waals surface area contributed by atoms with Crippen LogP contribution in [0.1, 0.15) is 23.1 Å². The van der Waals surface area contributed by atoms with Crippen LogP contribution in [0.3, 0.4) is 0 Å². The number of hydrogen-bond donors (Lipinski definition) is 2. The molecule has 228 valence electrons. The van der Waals surface area contributed by atoms with Crippen LogP contribution in [0.15, 0.2) is 76.7 Å². The molecule has 2 N–H and O–H groups in total. The van der Waals surface area contributed by atoms with Crippen molar-refractivity contribution in [2.75, 3.05) is 33.6 Å². The number of methoxy groups -OCH3 is 3. The van der Waals surface area contributed by atoms with Crippen LogP contribution >= 0.6 is 11.8 Å². The average molecular weight is 616 g/mol. The number of thioether (sulfide) groups is 1. The number of hydrogen-bond acceptors (Lipinski definition) is 9. The van der Waals surface area contributed by atoms with Crippen molar-refractivity contribution in [3.63, 3.8) is 0 Å². The van der Waals surface area contributed by atoms with Gasteiger partial charge in [-0.25, -0.2) is 9.89 Å². The fourth-order valence-electron chi connectivity index (χ4n) is 4.89. The van der Waals surface area contributed by atoms with Crippen molar-refractivity contribution in [3.8, 4) is 17.2 Å². The van der Waals surface area contributed by atoms with Gasteiger partial charge >= 0.3 is 0 Å². The second-order valence-corrected chi connectivity index (χ2v) is 10.9. The Morgan fingerprint density at radius 2 is 1.64 bits per heavy atom. The molecule has 0 fully saturated rings. The first-order valence-electron chi connectivity index (χ1n) is 14.0. The highest BCUT2D eigenvalue weighted by Gasteiger charge is 2.42. The molecule has 2 aliphatic heterocycles. The van der Waals surface area contributed by atoms with Gasteiger partial charge in [-0.05, 0) is 42.3 Å². The van der Waals surface area contributed by atoms with Crippen LogP contribution in [-0.2, 0) is 27.3 Å². The minimum atomic E-state index is -0.907. The maximum Gasteiger partial charge on any atom is 0.259 e. The van der Waals surface area contributed by atoms with Crippen LogP contribution < -0.4 is 24.8 Å². The van der Waals surface area contributed by atoms with E-state index in [1.165, 1.54) is 4.90 Å². The summed E-state index contributed by atoms with van der Waals surface area (Å²) in [5, 5.41) is 6.12. The molecule has 0 radical (unpaired) electrons. The Morgan fingerprint density at radius 1 is 0.886 bits per heavy atom. The highest BCUT2D eigenvalue weighted by Crippen LogP contribution is 2.34. The van der Waals surface area contributed by atoms with Gasteiger partial charge in [0.15, 0.2) is 16.7 Å². The normalized spacial score (nSPS) is 15.0. The number of amidine groups is 2. The Morgan fingerprint density at radius 3 is 2.43 bits per heavy atom. The lowest BCUT2D eigenvalue weighted by molar-refractivity contribution is -0.128. The summed E-state index contributed by atoms with van der Waals surface area (Å²) in [6.07, 6.45) is 0.484. The lowest BCUT2D eigenvalue weighted by Gasteiger charge is -2.25. The standard InChI is InChI=1S/C32H33N5O6S/c1-41-25-11-7-4-8-21(25)18-34-28(38)17-24-31(40)37-30(35-24)22-9-5-6-10-23(22)36-32(37)44-19-29(39)33-15-14-20-12-13-26(42-2)27(16-20)43-3/h4-13,16,24H,14-15,17-19H2,1-3H3,(H,33,39)(H,34,38). The molecule has 0 saturated heterocycles. The van der Waals surface area contributed by atoms with Crippen molar-refractivity contribution in [2.24, 2.45) is 9.98 Å². The van der Waals surface area contributed by atoms with E-state index in [1.807, 2.05) is 66.7 Å². The number of nitrogens with zero attached hydrogens (tertiary/aromatic N) is 3. The second-order valence-electron chi connectivity index (χ2n) is 9.92. The van der Waals surface area contributed by atoms with Gasteiger partial charge in [-0.15, -0.1) is 0 Å². The average Bonchev–Trinajstić information content (AvgIpc) is 3.38. The Bertz CT molecular complexity index is 1620. The maximum atomic E-state index is 13.5. The molecule has 0 aromatic heterocycles. The van der Waals surface area contributed by atoms with E-state index in [-0.39, 0.29) is 36.4 Å². The number of para-hydroxylation sites is 2. The lowest BCUT2D eigenvalue weighted by Crippen LogP contribution is -2.42. The zero-order valence-corrected chi connectivity index (χ0v) is 25.5. The summed E-state index contributed by atoms with van der Waals surface area (Å²) in [5.41, 5.74) is 3.16. The fourth-order valence-corrected chi connectivity index (χ4v) is 5.72. The van der Waals surface area contributed by atoms with Crippen LogP contribution in [-0.4, -0.2) is 73.3 Å². The van der Waals surface area contributed by atoms with E-state index >= 15 is 0 Å². The molecule has 5 rings (SSSR count). The first kappa shape index (κ1) is 30.6. The van der Waals surface area contributed by atoms with Crippen LogP contribution in [0.4, 0.5) is 5.69 Å². The third kappa shape index (κ3) is 6.86. The van der Waals surface area contributed by atoms with Crippen molar-refractivity contribution < 1.29 is 28.6 Å². The highest BCUT2D eigenvalue weighted by molar-refractivity contribution is 8.14. The molecule has 3 aromatic rings. The molecule has 0 aliphatic carbocycles. The molecule has 1 atom stereocenters. The number of ether oxygens (including phenoxy) is 3. The Balaban J connectivity index is 1.20. The summed E-state index contributed by atoms with van der Waals surface area (Å²) in [4.78, 5) is 49.8. The zero-order chi connectivity index (χ0) is 31.1. The summed E-state index contributed by atoms with van der Waals surface area (Å²) in [7, 11) is 4.73. The van der Waals surface area contributed by atoms with Crippen LogP contribution in [0.25, 0.3) is 0 Å². The number of benzene rings is 3. The Labute approximate surface area is 259 Å². The SMILES string of the molecule is COc1ccccc1CNC(=O)CC1N=C2c3ccccc3N=C(SCC(=O)NCCc3ccc(OC)c(OC)c3)N2C1=O. The predicted octanol–water partition coefficient (Wildman–Crippen LogP) is 3.47. The van der Waals surface area contributed by atoms with Crippen molar-refractivity contribution in [1.29, 1.82) is 0 Å². The quantitative estimate of drug-likeness (QED) is 0.319. The van der Waals surface area contributed by atoms with Crippen molar-refractivity contribution in [1.82, 2.24) is 15.5 Å². The maximum absolute atomic E-state index is 13.5. The molecule has 2 aliphatic rings. The summed E-state index contributed by atoms with van der Waals surface area (Å²) in [6.45, 7) is 0.683. The Kier molecular flexibility index (Phi) is 9.80. The molecule has 3 amide bonds. The lowest BCUT2D eigenvalue weighted by atomic mass is 10.1. The third-order valence-electron chi connectivity index (χ3n) is 7.11. The minimum Gasteiger partial charge on any atom is -0.496 e. The second kappa shape index (κ2) is 14.1. The van der Waals surface area contributed by atoms with E-state index in [1.54, 1.807) is 21.3 Å². The summed E-state index contributed by atoms with van der Waals surface area (Å²) < 4.78 is 16.0. The predicted molar refractivity (Wildman–Crippen MR) is 169 cm³/mol. The largest absolute Gasteiger partial charge is 0.496 e. The van der Waals surface area contributed by atoms with Gasteiger partial charge in [0, 0.05) is 24.2 Å². The van der Waals surface area contributed by atoms with Gasteiger partial charge in [0.05, 0.1) is 39.2 Å². The van der Waals surface area contributed by atoms with Gasteiger partial charge in [-0.3, -0.25) is 19.4 Å². The summed E-state index contributed by atoms with van der Waals surface area (Å²) in [5.74, 6) is 1.54. The molecule has 3 aromatic carbocycles. The fraction of sp³-hybridized carbons (Fsp3) is 0.281.